The fourth-order valence-electron chi connectivity index (χ4n) is 2.05. The number of hydrogen-bond acceptors (Lipinski definition) is 1. The van der Waals surface area contributed by atoms with Gasteiger partial charge >= 0.3 is 0 Å². The number of hydrogen-bond donors (Lipinski definition) is 1. The molecule has 0 spiro atoms. The van der Waals surface area contributed by atoms with Gasteiger partial charge in [0.05, 0.1) is 0 Å². The predicted molar refractivity (Wildman–Crippen MR) is 56.0 cm³/mol. The number of rotatable bonds is 2. The quantitative estimate of drug-likeness (QED) is 0.728. The Kier molecular flexibility index (Phi) is 2.36. The summed E-state index contributed by atoms with van der Waals surface area (Å²) in [6.07, 6.45) is 2.61. The van der Waals surface area contributed by atoms with Gasteiger partial charge in [0.25, 0.3) is 0 Å². The first-order valence-corrected chi connectivity index (χ1v) is 5.03. The Bertz CT molecular complexity index is 287. The lowest BCUT2D eigenvalue weighted by Gasteiger charge is -2.35. The van der Waals surface area contributed by atoms with Crippen LogP contribution in [-0.2, 0) is 0 Å². The van der Waals surface area contributed by atoms with Gasteiger partial charge in [-0.15, -0.1) is 0 Å². The molecular formula is C12H17N. The Morgan fingerprint density at radius 3 is 2.69 bits per heavy atom. The van der Waals surface area contributed by atoms with Gasteiger partial charge in [0.2, 0.25) is 0 Å². The SMILES string of the molecule is CNC1CC(c2cccc(C)c2)C1. The molecule has 1 aromatic carbocycles. The van der Waals surface area contributed by atoms with Gasteiger partial charge in [-0.05, 0) is 38.3 Å². The molecule has 1 heteroatoms. The van der Waals surface area contributed by atoms with Gasteiger partial charge in [-0.3, -0.25) is 0 Å². The van der Waals surface area contributed by atoms with Gasteiger partial charge in [0.15, 0.2) is 0 Å². The van der Waals surface area contributed by atoms with E-state index < -0.39 is 0 Å². The summed E-state index contributed by atoms with van der Waals surface area (Å²) in [6, 6.07) is 9.65. The molecule has 0 atom stereocenters. The van der Waals surface area contributed by atoms with Crippen LogP contribution in [0.2, 0.25) is 0 Å². The van der Waals surface area contributed by atoms with Crippen molar-refractivity contribution in [2.75, 3.05) is 7.05 Å². The van der Waals surface area contributed by atoms with Crippen molar-refractivity contribution in [1.82, 2.24) is 5.32 Å². The van der Waals surface area contributed by atoms with Crippen molar-refractivity contribution < 1.29 is 0 Å². The summed E-state index contributed by atoms with van der Waals surface area (Å²) in [5.74, 6) is 0.803. The van der Waals surface area contributed by atoms with Gasteiger partial charge in [0, 0.05) is 6.04 Å². The van der Waals surface area contributed by atoms with E-state index in [-0.39, 0.29) is 0 Å². The minimum atomic E-state index is 0.755. The summed E-state index contributed by atoms with van der Waals surface area (Å²) in [4.78, 5) is 0. The van der Waals surface area contributed by atoms with Crippen LogP contribution in [-0.4, -0.2) is 13.1 Å². The highest BCUT2D eigenvalue weighted by Gasteiger charge is 2.28. The van der Waals surface area contributed by atoms with Crippen molar-refractivity contribution in [3.63, 3.8) is 0 Å². The maximum atomic E-state index is 3.32. The largest absolute Gasteiger partial charge is 0.317 e. The van der Waals surface area contributed by atoms with Crippen LogP contribution in [0.15, 0.2) is 24.3 Å². The molecule has 70 valence electrons. The molecule has 0 aromatic heterocycles. The van der Waals surface area contributed by atoms with E-state index >= 15 is 0 Å². The number of benzene rings is 1. The average molecular weight is 175 g/mol. The van der Waals surface area contributed by atoms with Crippen molar-refractivity contribution in [1.29, 1.82) is 0 Å². The molecular weight excluding hydrogens is 158 g/mol. The van der Waals surface area contributed by atoms with Crippen molar-refractivity contribution in [2.45, 2.75) is 31.7 Å². The summed E-state index contributed by atoms with van der Waals surface area (Å²) in [5, 5.41) is 3.32. The molecule has 1 saturated carbocycles. The molecule has 13 heavy (non-hydrogen) atoms. The highest BCUT2D eigenvalue weighted by molar-refractivity contribution is 5.27. The third-order valence-corrected chi connectivity index (χ3v) is 3.06. The van der Waals surface area contributed by atoms with Crippen LogP contribution < -0.4 is 5.32 Å². The first-order chi connectivity index (χ1) is 6.29. The molecule has 0 radical (unpaired) electrons. The Labute approximate surface area is 80.2 Å². The van der Waals surface area contributed by atoms with E-state index in [0.29, 0.717) is 0 Å². The second kappa shape index (κ2) is 3.51. The van der Waals surface area contributed by atoms with E-state index in [4.69, 9.17) is 0 Å². The third kappa shape index (κ3) is 1.75. The molecule has 1 aliphatic carbocycles. The Balaban J connectivity index is 2.03. The second-order valence-electron chi connectivity index (χ2n) is 4.07. The lowest BCUT2D eigenvalue weighted by atomic mass is 9.76. The Morgan fingerprint density at radius 2 is 2.08 bits per heavy atom. The van der Waals surface area contributed by atoms with Gasteiger partial charge < -0.3 is 5.32 Å². The highest BCUT2D eigenvalue weighted by atomic mass is 14.9. The lowest BCUT2D eigenvalue weighted by Crippen LogP contribution is -2.37. The van der Waals surface area contributed by atoms with Gasteiger partial charge in [0.1, 0.15) is 0 Å². The molecule has 1 aromatic rings. The molecule has 0 saturated heterocycles. The third-order valence-electron chi connectivity index (χ3n) is 3.06. The first-order valence-electron chi connectivity index (χ1n) is 5.03. The zero-order valence-corrected chi connectivity index (χ0v) is 8.38. The van der Waals surface area contributed by atoms with Crippen molar-refractivity contribution in [3.8, 4) is 0 Å². The molecule has 0 heterocycles. The summed E-state index contributed by atoms with van der Waals surface area (Å²) < 4.78 is 0. The average Bonchev–Trinajstić information content (AvgIpc) is 2.02. The first kappa shape index (κ1) is 8.76. The van der Waals surface area contributed by atoms with E-state index in [1.54, 1.807) is 0 Å². The fraction of sp³-hybridized carbons (Fsp3) is 0.500. The lowest BCUT2D eigenvalue weighted by molar-refractivity contribution is 0.307. The van der Waals surface area contributed by atoms with Crippen molar-refractivity contribution in [2.24, 2.45) is 0 Å². The molecule has 2 rings (SSSR count). The van der Waals surface area contributed by atoms with E-state index in [0.717, 1.165) is 12.0 Å². The molecule has 0 amide bonds. The topological polar surface area (TPSA) is 12.0 Å². The Hall–Kier alpha value is -0.820. The van der Waals surface area contributed by atoms with Crippen LogP contribution in [0.5, 0.6) is 0 Å². The number of aryl methyl sites for hydroxylation is 1. The molecule has 1 aliphatic rings. The van der Waals surface area contributed by atoms with Crippen LogP contribution >= 0.6 is 0 Å². The van der Waals surface area contributed by atoms with E-state index in [2.05, 4.69) is 43.6 Å². The zero-order valence-electron chi connectivity index (χ0n) is 8.38. The smallest absolute Gasteiger partial charge is 0.00757 e. The fourth-order valence-corrected chi connectivity index (χ4v) is 2.05. The minimum Gasteiger partial charge on any atom is -0.317 e. The zero-order chi connectivity index (χ0) is 9.26. The van der Waals surface area contributed by atoms with Crippen LogP contribution in [0, 0.1) is 6.92 Å². The summed E-state index contributed by atoms with van der Waals surface area (Å²) in [6.45, 7) is 2.16. The minimum absolute atomic E-state index is 0.755. The normalized spacial score (nSPS) is 26.9. The van der Waals surface area contributed by atoms with Crippen molar-refractivity contribution in [3.05, 3.63) is 35.4 Å². The highest BCUT2D eigenvalue weighted by Crippen LogP contribution is 2.36. The van der Waals surface area contributed by atoms with Gasteiger partial charge in [-0.2, -0.15) is 0 Å². The molecule has 1 nitrogen and oxygen atoms in total. The summed E-state index contributed by atoms with van der Waals surface area (Å²) >= 11 is 0. The van der Waals surface area contributed by atoms with E-state index in [1.165, 1.54) is 24.0 Å². The monoisotopic (exact) mass is 175 g/mol. The molecule has 0 unspecified atom stereocenters. The van der Waals surface area contributed by atoms with E-state index in [9.17, 15) is 0 Å². The van der Waals surface area contributed by atoms with E-state index in [1.807, 2.05) is 0 Å². The van der Waals surface area contributed by atoms with Gasteiger partial charge in [-0.25, -0.2) is 0 Å². The Morgan fingerprint density at radius 1 is 1.31 bits per heavy atom. The molecule has 1 fully saturated rings. The van der Waals surface area contributed by atoms with Crippen LogP contribution in [0.1, 0.15) is 29.9 Å². The summed E-state index contributed by atoms with van der Waals surface area (Å²) in [7, 11) is 2.05. The predicted octanol–water partition coefficient (Wildman–Crippen LogP) is 2.46. The van der Waals surface area contributed by atoms with Gasteiger partial charge in [-0.1, -0.05) is 29.8 Å². The molecule has 0 aliphatic heterocycles. The maximum Gasteiger partial charge on any atom is 0.00757 e. The van der Waals surface area contributed by atoms with Crippen LogP contribution in [0.3, 0.4) is 0 Å². The van der Waals surface area contributed by atoms with Crippen LogP contribution in [0.4, 0.5) is 0 Å². The standard InChI is InChI=1S/C12H17N/c1-9-4-3-5-10(6-9)11-7-12(8-11)13-2/h3-6,11-13H,7-8H2,1-2H3. The molecule has 0 bridgehead atoms. The summed E-state index contributed by atoms with van der Waals surface area (Å²) in [5.41, 5.74) is 2.90. The van der Waals surface area contributed by atoms with Crippen LogP contribution in [0.25, 0.3) is 0 Å². The van der Waals surface area contributed by atoms with Crippen molar-refractivity contribution >= 4 is 0 Å². The maximum absolute atomic E-state index is 3.32. The number of nitrogens with one attached hydrogen (secondary N) is 1. The molecule has 1 N–H and O–H groups in total. The second-order valence-corrected chi connectivity index (χ2v) is 4.07.